The lowest BCUT2D eigenvalue weighted by molar-refractivity contribution is -0.125. The van der Waals surface area contributed by atoms with Gasteiger partial charge in [0.15, 0.2) is 11.5 Å². The standard InChI is InChI=1S/C31H33FN6O2/c1-5-26(39)38-14-12-23(18-38)35-29-27-24(11-13-33-28(27)36-37-29)19-9-10-21(25(32)16-19)17-34-30(40)20-7-6-8-22(15-20)31(2,3)4/h5-11,13,15-16,23H,1,12,14,17-18H2,2-4H3,(H,34,40)(H2,33,35,36,37). The van der Waals surface area contributed by atoms with Gasteiger partial charge in [-0.1, -0.05) is 51.6 Å². The van der Waals surface area contributed by atoms with Gasteiger partial charge in [-0.25, -0.2) is 9.37 Å². The summed E-state index contributed by atoms with van der Waals surface area (Å²) < 4.78 is 15.3. The number of H-pyrrole nitrogens is 1. The zero-order chi connectivity index (χ0) is 28.4. The number of amides is 2. The minimum absolute atomic E-state index is 0.0234. The molecule has 0 spiro atoms. The lowest BCUT2D eigenvalue weighted by Crippen LogP contribution is -2.30. The van der Waals surface area contributed by atoms with E-state index in [-0.39, 0.29) is 29.8 Å². The zero-order valence-corrected chi connectivity index (χ0v) is 22.9. The summed E-state index contributed by atoms with van der Waals surface area (Å²) in [5.74, 6) is -0.160. The van der Waals surface area contributed by atoms with Crippen LogP contribution in [-0.4, -0.2) is 51.0 Å². The van der Waals surface area contributed by atoms with E-state index in [1.165, 1.54) is 12.1 Å². The van der Waals surface area contributed by atoms with Crippen LogP contribution < -0.4 is 10.6 Å². The summed E-state index contributed by atoms with van der Waals surface area (Å²) in [6, 6.07) is 14.3. The fourth-order valence-corrected chi connectivity index (χ4v) is 4.96. The Kier molecular flexibility index (Phi) is 7.38. The summed E-state index contributed by atoms with van der Waals surface area (Å²) >= 11 is 0. The molecule has 8 nitrogen and oxygen atoms in total. The van der Waals surface area contributed by atoms with Gasteiger partial charge in [-0.3, -0.25) is 14.7 Å². The number of halogens is 1. The largest absolute Gasteiger partial charge is 0.363 e. The van der Waals surface area contributed by atoms with Gasteiger partial charge in [0.1, 0.15) is 5.82 Å². The maximum Gasteiger partial charge on any atom is 0.251 e. The molecule has 5 rings (SSSR count). The average molecular weight is 541 g/mol. The molecule has 40 heavy (non-hydrogen) atoms. The van der Waals surface area contributed by atoms with Crippen LogP contribution in [0.2, 0.25) is 0 Å². The molecule has 9 heteroatoms. The van der Waals surface area contributed by atoms with Crippen molar-refractivity contribution >= 4 is 28.7 Å². The summed E-state index contributed by atoms with van der Waals surface area (Å²) in [4.78, 5) is 30.9. The lowest BCUT2D eigenvalue weighted by Gasteiger charge is -2.19. The maximum absolute atomic E-state index is 15.3. The second-order valence-electron chi connectivity index (χ2n) is 11.1. The van der Waals surface area contributed by atoms with Crippen molar-refractivity contribution in [2.24, 2.45) is 0 Å². The highest BCUT2D eigenvalue weighted by molar-refractivity contribution is 6.00. The van der Waals surface area contributed by atoms with Crippen LogP contribution in [0.5, 0.6) is 0 Å². The summed E-state index contributed by atoms with van der Waals surface area (Å²) in [6.07, 6.45) is 3.75. The number of carbonyl (C=O) groups excluding carboxylic acids is 2. The van der Waals surface area contributed by atoms with Gasteiger partial charge in [0.05, 0.1) is 5.39 Å². The highest BCUT2D eigenvalue weighted by Crippen LogP contribution is 2.33. The molecule has 1 fully saturated rings. The predicted molar refractivity (Wildman–Crippen MR) is 154 cm³/mol. The molecule has 3 N–H and O–H groups in total. The predicted octanol–water partition coefficient (Wildman–Crippen LogP) is 5.19. The van der Waals surface area contributed by atoms with Crippen LogP contribution in [0.1, 0.15) is 48.7 Å². The van der Waals surface area contributed by atoms with Crippen LogP contribution in [0, 0.1) is 5.82 Å². The van der Waals surface area contributed by atoms with Gasteiger partial charge in [-0.2, -0.15) is 5.10 Å². The highest BCUT2D eigenvalue weighted by atomic mass is 19.1. The molecular formula is C31H33FN6O2. The number of aromatic amines is 1. The number of rotatable bonds is 7. The van der Waals surface area contributed by atoms with Gasteiger partial charge in [0.25, 0.3) is 5.91 Å². The van der Waals surface area contributed by atoms with Crippen molar-refractivity contribution in [1.82, 2.24) is 25.4 Å². The van der Waals surface area contributed by atoms with Gasteiger partial charge < -0.3 is 15.5 Å². The number of hydrogen-bond donors (Lipinski definition) is 3. The zero-order valence-electron chi connectivity index (χ0n) is 22.9. The van der Waals surface area contributed by atoms with Gasteiger partial charge in [-0.15, -0.1) is 0 Å². The Labute approximate surface area is 232 Å². The van der Waals surface area contributed by atoms with E-state index < -0.39 is 5.82 Å². The van der Waals surface area contributed by atoms with E-state index in [0.29, 0.717) is 41.2 Å². The molecule has 0 saturated carbocycles. The molecule has 0 radical (unpaired) electrons. The van der Waals surface area contributed by atoms with Gasteiger partial charge in [-0.05, 0) is 58.9 Å². The number of nitrogens with zero attached hydrogens (tertiary/aromatic N) is 3. The van der Waals surface area contributed by atoms with Crippen molar-refractivity contribution in [3.05, 3.63) is 89.9 Å². The number of aromatic nitrogens is 3. The minimum Gasteiger partial charge on any atom is -0.363 e. The third-order valence-electron chi connectivity index (χ3n) is 7.27. The normalized spacial score (nSPS) is 15.3. The first-order valence-corrected chi connectivity index (χ1v) is 13.3. The van der Waals surface area contributed by atoms with Crippen LogP contribution in [0.4, 0.5) is 10.2 Å². The van der Waals surface area contributed by atoms with Crippen LogP contribution in [0.15, 0.2) is 67.4 Å². The van der Waals surface area contributed by atoms with Crippen LogP contribution >= 0.6 is 0 Å². The summed E-state index contributed by atoms with van der Waals surface area (Å²) in [7, 11) is 0. The number of pyridine rings is 1. The Morgan fingerprint density at radius 1 is 1.20 bits per heavy atom. The molecule has 206 valence electrons. The van der Waals surface area contributed by atoms with Crippen molar-refractivity contribution in [2.45, 2.75) is 45.2 Å². The van der Waals surface area contributed by atoms with Crippen molar-refractivity contribution < 1.29 is 14.0 Å². The molecule has 1 aliphatic heterocycles. The number of likely N-dealkylation sites (tertiary alicyclic amines) is 1. The van der Waals surface area contributed by atoms with Crippen molar-refractivity contribution in [2.75, 3.05) is 18.4 Å². The van der Waals surface area contributed by atoms with E-state index in [0.717, 1.165) is 22.9 Å². The third-order valence-corrected chi connectivity index (χ3v) is 7.27. The van der Waals surface area contributed by atoms with Crippen molar-refractivity contribution in [1.29, 1.82) is 0 Å². The van der Waals surface area contributed by atoms with E-state index in [1.807, 2.05) is 30.3 Å². The molecule has 0 bridgehead atoms. The smallest absolute Gasteiger partial charge is 0.251 e. The minimum atomic E-state index is -0.418. The summed E-state index contributed by atoms with van der Waals surface area (Å²) in [5, 5.41) is 14.4. The number of anilines is 1. The average Bonchev–Trinajstić information content (AvgIpc) is 3.59. The summed E-state index contributed by atoms with van der Waals surface area (Å²) in [6.45, 7) is 11.1. The molecule has 1 aliphatic rings. The molecule has 2 aromatic heterocycles. The molecule has 3 heterocycles. The first-order chi connectivity index (χ1) is 19.1. The van der Waals surface area contributed by atoms with Gasteiger partial charge in [0, 0.05) is 43.0 Å². The van der Waals surface area contributed by atoms with Gasteiger partial charge >= 0.3 is 0 Å². The first kappa shape index (κ1) is 27.1. The van der Waals surface area contributed by atoms with E-state index in [4.69, 9.17) is 0 Å². The number of fused-ring (bicyclic) bond motifs is 1. The van der Waals surface area contributed by atoms with E-state index in [9.17, 15) is 9.59 Å². The quantitative estimate of drug-likeness (QED) is 0.280. The Morgan fingerprint density at radius 2 is 2.02 bits per heavy atom. The molecule has 1 unspecified atom stereocenters. The highest BCUT2D eigenvalue weighted by Gasteiger charge is 2.26. The lowest BCUT2D eigenvalue weighted by atomic mass is 9.86. The van der Waals surface area contributed by atoms with Crippen molar-refractivity contribution in [3.63, 3.8) is 0 Å². The Morgan fingerprint density at radius 3 is 2.77 bits per heavy atom. The Bertz CT molecular complexity index is 1590. The summed E-state index contributed by atoms with van der Waals surface area (Å²) in [5.41, 5.74) is 3.92. The topological polar surface area (TPSA) is 103 Å². The third kappa shape index (κ3) is 5.59. The number of carbonyl (C=O) groups is 2. The molecule has 2 amide bonds. The van der Waals surface area contributed by atoms with Crippen LogP contribution in [-0.2, 0) is 16.8 Å². The Hall–Kier alpha value is -4.53. The SMILES string of the molecule is C=CC(=O)N1CCC(Nc2n[nH]c3nccc(-c4ccc(CNC(=O)c5cccc(C(C)(C)C)c5)c(F)c4)c23)C1. The maximum atomic E-state index is 15.3. The van der Waals surface area contributed by atoms with Gasteiger partial charge in [0.2, 0.25) is 5.91 Å². The molecule has 1 saturated heterocycles. The van der Waals surface area contributed by atoms with Crippen LogP contribution in [0.25, 0.3) is 22.2 Å². The first-order valence-electron chi connectivity index (χ1n) is 13.3. The second-order valence-corrected chi connectivity index (χ2v) is 11.1. The van der Waals surface area contributed by atoms with E-state index in [1.54, 1.807) is 23.2 Å². The number of hydrogen-bond acceptors (Lipinski definition) is 5. The molecule has 1 atom stereocenters. The van der Waals surface area contributed by atoms with E-state index in [2.05, 4.69) is 53.2 Å². The molecule has 0 aliphatic carbocycles. The monoisotopic (exact) mass is 540 g/mol. The molecule has 2 aromatic carbocycles. The number of benzene rings is 2. The molecule has 4 aromatic rings. The van der Waals surface area contributed by atoms with E-state index >= 15 is 4.39 Å². The van der Waals surface area contributed by atoms with Crippen LogP contribution in [0.3, 0.4) is 0 Å². The fraction of sp³-hybridized carbons (Fsp3) is 0.290. The fourth-order valence-electron chi connectivity index (χ4n) is 4.96. The number of nitrogens with one attached hydrogen (secondary N) is 3. The van der Waals surface area contributed by atoms with Crippen molar-refractivity contribution in [3.8, 4) is 11.1 Å². The Balaban J connectivity index is 1.33. The molecular weight excluding hydrogens is 507 g/mol. The second kappa shape index (κ2) is 10.9.